The van der Waals surface area contributed by atoms with E-state index >= 15 is 0 Å². The lowest BCUT2D eigenvalue weighted by molar-refractivity contribution is -0.137. The molecule has 0 unspecified atom stereocenters. The van der Waals surface area contributed by atoms with Gasteiger partial charge in [-0.1, -0.05) is 6.07 Å². The molecule has 1 aromatic carbocycles. The molecule has 0 bridgehead atoms. The molecule has 2 heterocycles. The molecule has 168 valence electrons. The van der Waals surface area contributed by atoms with Crippen molar-refractivity contribution in [2.75, 3.05) is 38.1 Å². The van der Waals surface area contributed by atoms with E-state index in [1.807, 2.05) is 7.05 Å². The molecule has 0 aromatic heterocycles. The minimum atomic E-state index is -4.46. The molecular formula is C21H28ClF4N3O. The molecule has 2 fully saturated rings. The normalized spacial score (nSPS) is 20.7. The first-order valence-electron chi connectivity index (χ1n) is 10.2. The van der Waals surface area contributed by atoms with Crippen LogP contribution in [0.3, 0.4) is 0 Å². The van der Waals surface area contributed by atoms with Crippen molar-refractivity contribution in [3.8, 4) is 0 Å². The van der Waals surface area contributed by atoms with Crippen LogP contribution in [0.1, 0.15) is 43.7 Å². The molecule has 1 amide bonds. The van der Waals surface area contributed by atoms with E-state index < -0.39 is 23.3 Å². The number of carbonyl (C=O) groups excluding carboxylic acids is 1. The fourth-order valence-electron chi connectivity index (χ4n) is 4.28. The Labute approximate surface area is 179 Å². The SMILES string of the molecule is CN(Cc1ccc(C(F)(F)F)c(N2CCC(F)CC2)c1)C1(C)CCN(C(=O)Cl)CC1. The van der Waals surface area contributed by atoms with E-state index in [4.69, 9.17) is 11.6 Å². The molecule has 1 aromatic rings. The zero-order valence-electron chi connectivity index (χ0n) is 17.3. The third-order valence-corrected chi connectivity index (χ3v) is 6.80. The van der Waals surface area contributed by atoms with Crippen molar-refractivity contribution >= 4 is 22.7 Å². The number of anilines is 1. The van der Waals surface area contributed by atoms with Crippen molar-refractivity contribution in [2.24, 2.45) is 0 Å². The predicted molar refractivity (Wildman–Crippen MR) is 110 cm³/mol. The van der Waals surface area contributed by atoms with E-state index in [1.54, 1.807) is 15.9 Å². The van der Waals surface area contributed by atoms with E-state index in [0.717, 1.165) is 24.5 Å². The van der Waals surface area contributed by atoms with Crippen LogP contribution in [-0.4, -0.2) is 60.1 Å². The Morgan fingerprint density at radius 3 is 2.33 bits per heavy atom. The zero-order chi connectivity index (χ0) is 22.1. The second-order valence-corrected chi connectivity index (χ2v) is 8.93. The second-order valence-electron chi connectivity index (χ2n) is 8.60. The van der Waals surface area contributed by atoms with Crippen LogP contribution in [0.4, 0.5) is 28.0 Å². The van der Waals surface area contributed by atoms with Gasteiger partial charge in [0, 0.05) is 44.0 Å². The Balaban J connectivity index is 1.77. The highest BCUT2D eigenvalue weighted by Crippen LogP contribution is 2.39. The van der Waals surface area contributed by atoms with Crippen molar-refractivity contribution in [1.29, 1.82) is 0 Å². The molecule has 4 nitrogen and oxygen atoms in total. The number of amides is 1. The highest BCUT2D eigenvalue weighted by molar-refractivity contribution is 6.62. The molecule has 0 N–H and O–H groups in total. The van der Waals surface area contributed by atoms with E-state index in [-0.39, 0.29) is 37.2 Å². The maximum absolute atomic E-state index is 13.6. The molecule has 0 spiro atoms. The number of nitrogens with zero attached hydrogens (tertiary/aromatic N) is 3. The van der Waals surface area contributed by atoms with Crippen LogP contribution >= 0.6 is 11.6 Å². The third kappa shape index (κ3) is 5.19. The van der Waals surface area contributed by atoms with Crippen LogP contribution in [0.15, 0.2) is 18.2 Å². The summed E-state index contributed by atoms with van der Waals surface area (Å²) in [6.07, 6.45) is -3.45. The van der Waals surface area contributed by atoms with Crippen LogP contribution in [0, 0.1) is 0 Å². The standard InChI is InChI=1S/C21H28ClF4N3O/c1-20(7-11-29(12-8-20)19(22)30)27(2)14-15-3-4-17(21(24,25)26)18(13-15)28-9-5-16(23)6-10-28/h3-4,13,16H,5-12,14H2,1-2H3. The number of hydrogen-bond donors (Lipinski definition) is 0. The number of piperidine rings is 2. The summed E-state index contributed by atoms with van der Waals surface area (Å²) in [5.74, 6) is 0. The van der Waals surface area contributed by atoms with Gasteiger partial charge in [-0.2, -0.15) is 13.2 Å². The van der Waals surface area contributed by atoms with E-state index in [2.05, 4.69) is 11.8 Å². The van der Waals surface area contributed by atoms with Gasteiger partial charge in [-0.3, -0.25) is 9.69 Å². The van der Waals surface area contributed by atoms with Gasteiger partial charge in [-0.15, -0.1) is 0 Å². The van der Waals surface area contributed by atoms with Gasteiger partial charge in [-0.05, 0) is 69.0 Å². The van der Waals surface area contributed by atoms with Gasteiger partial charge in [0.05, 0.1) is 5.56 Å². The van der Waals surface area contributed by atoms with Crippen molar-refractivity contribution in [3.63, 3.8) is 0 Å². The largest absolute Gasteiger partial charge is 0.418 e. The molecule has 0 atom stereocenters. The minimum Gasteiger partial charge on any atom is -0.371 e. The van der Waals surface area contributed by atoms with E-state index in [1.165, 1.54) is 6.07 Å². The maximum atomic E-state index is 13.6. The molecule has 30 heavy (non-hydrogen) atoms. The first kappa shape index (κ1) is 23.1. The first-order chi connectivity index (χ1) is 14.0. The summed E-state index contributed by atoms with van der Waals surface area (Å²) < 4.78 is 54.2. The van der Waals surface area contributed by atoms with Crippen LogP contribution in [0.2, 0.25) is 0 Å². The summed E-state index contributed by atoms with van der Waals surface area (Å²) in [5, 5.41) is -0.455. The van der Waals surface area contributed by atoms with Crippen molar-refractivity contribution < 1.29 is 22.4 Å². The Hall–Kier alpha value is -1.54. The molecule has 2 aliphatic heterocycles. The number of alkyl halides is 4. The van der Waals surface area contributed by atoms with Crippen LogP contribution in [-0.2, 0) is 12.7 Å². The fraction of sp³-hybridized carbons (Fsp3) is 0.667. The minimum absolute atomic E-state index is 0.132. The molecule has 2 saturated heterocycles. The summed E-state index contributed by atoms with van der Waals surface area (Å²) >= 11 is 5.56. The highest BCUT2D eigenvalue weighted by Gasteiger charge is 2.37. The summed E-state index contributed by atoms with van der Waals surface area (Å²) in [5.41, 5.74) is 0.0532. The summed E-state index contributed by atoms with van der Waals surface area (Å²) in [6.45, 7) is 4.25. The quantitative estimate of drug-likeness (QED) is 0.355. The van der Waals surface area contributed by atoms with Gasteiger partial charge in [-0.25, -0.2) is 4.39 Å². The smallest absolute Gasteiger partial charge is 0.371 e. The van der Waals surface area contributed by atoms with E-state index in [9.17, 15) is 22.4 Å². The van der Waals surface area contributed by atoms with Crippen molar-refractivity contribution in [3.05, 3.63) is 29.3 Å². The average molecular weight is 450 g/mol. The molecule has 9 heteroatoms. The lowest BCUT2D eigenvalue weighted by atomic mass is 9.88. The highest BCUT2D eigenvalue weighted by atomic mass is 35.5. The monoisotopic (exact) mass is 449 g/mol. The van der Waals surface area contributed by atoms with Gasteiger partial charge in [0.15, 0.2) is 0 Å². The summed E-state index contributed by atoms with van der Waals surface area (Å²) in [6, 6.07) is 4.25. The van der Waals surface area contributed by atoms with Crippen LogP contribution in [0.25, 0.3) is 0 Å². The zero-order valence-corrected chi connectivity index (χ0v) is 18.1. The third-order valence-electron chi connectivity index (χ3n) is 6.56. The first-order valence-corrected chi connectivity index (χ1v) is 10.6. The number of hydrogen-bond acceptors (Lipinski definition) is 3. The van der Waals surface area contributed by atoms with Gasteiger partial charge in [0.1, 0.15) is 6.17 Å². The van der Waals surface area contributed by atoms with Gasteiger partial charge < -0.3 is 9.80 Å². The molecular weight excluding hydrogens is 422 g/mol. The van der Waals surface area contributed by atoms with Gasteiger partial charge in [0.2, 0.25) is 0 Å². The second kappa shape index (κ2) is 8.91. The van der Waals surface area contributed by atoms with Gasteiger partial charge >= 0.3 is 11.5 Å². The molecule has 0 saturated carbocycles. The molecule has 0 radical (unpaired) electrons. The summed E-state index contributed by atoms with van der Waals surface area (Å²) in [7, 11) is 1.95. The van der Waals surface area contributed by atoms with Gasteiger partial charge in [0.25, 0.3) is 0 Å². The molecule has 0 aliphatic carbocycles. The van der Waals surface area contributed by atoms with Crippen molar-refractivity contribution in [2.45, 2.75) is 57.0 Å². The number of rotatable bonds is 4. The van der Waals surface area contributed by atoms with E-state index in [0.29, 0.717) is 19.6 Å². The predicted octanol–water partition coefficient (Wildman–Crippen LogP) is 5.29. The number of benzene rings is 1. The number of halogens is 5. The number of likely N-dealkylation sites (tertiary alicyclic amines) is 1. The van der Waals surface area contributed by atoms with Crippen LogP contribution in [0.5, 0.6) is 0 Å². The van der Waals surface area contributed by atoms with Crippen LogP contribution < -0.4 is 4.90 Å². The Bertz CT molecular complexity index is 757. The molecule has 3 rings (SSSR count). The number of carbonyl (C=O) groups is 1. The maximum Gasteiger partial charge on any atom is 0.418 e. The lowest BCUT2D eigenvalue weighted by Crippen LogP contribution is -2.52. The summed E-state index contributed by atoms with van der Waals surface area (Å²) in [4.78, 5) is 16.7. The molecule has 2 aliphatic rings. The Morgan fingerprint density at radius 2 is 1.80 bits per heavy atom. The fourth-order valence-corrected chi connectivity index (χ4v) is 4.45. The Kier molecular flexibility index (Phi) is 6.87. The van der Waals surface area contributed by atoms with Crippen molar-refractivity contribution in [1.82, 2.24) is 9.80 Å². The topological polar surface area (TPSA) is 26.8 Å². The average Bonchev–Trinajstić information content (AvgIpc) is 2.68. The lowest BCUT2D eigenvalue weighted by Gasteiger charge is -2.45. The Morgan fingerprint density at radius 1 is 1.20 bits per heavy atom.